The third-order valence-corrected chi connectivity index (χ3v) is 3.13. The van der Waals surface area contributed by atoms with Crippen LogP contribution in [-0.2, 0) is 13.6 Å². The van der Waals surface area contributed by atoms with Crippen LogP contribution in [0.2, 0.25) is 0 Å². The summed E-state index contributed by atoms with van der Waals surface area (Å²) in [5.74, 6) is 0. The van der Waals surface area contributed by atoms with Gasteiger partial charge in [-0.25, -0.2) is 0 Å². The maximum Gasteiger partial charge on any atom is 0.0964 e. The highest BCUT2D eigenvalue weighted by atomic mass is 15.4. The molecule has 1 aromatic carbocycles. The number of hydrogen-bond acceptors (Lipinski definition) is 3. The number of nitrogens with zero attached hydrogens (tertiary/aromatic N) is 3. The Balaban J connectivity index is 2.01. The van der Waals surface area contributed by atoms with Crippen molar-refractivity contribution in [3.8, 4) is 0 Å². The molecule has 0 fully saturated rings. The monoisotopic (exact) mass is 244 g/mol. The molecule has 1 heterocycles. The molecule has 0 amide bonds. The maximum absolute atomic E-state index is 4.07. The van der Waals surface area contributed by atoms with Crippen LogP contribution in [0.3, 0.4) is 0 Å². The lowest BCUT2D eigenvalue weighted by Gasteiger charge is -2.16. The Morgan fingerprint density at radius 3 is 2.72 bits per heavy atom. The van der Waals surface area contributed by atoms with Gasteiger partial charge in [0, 0.05) is 25.8 Å². The van der Waals surface area contributed by atoms with E-state index in [-0.39, 0.29) is 0 Å². The van der Waals surface area contributed by atoms with E-state index < -0.39 is 0 Å². The molecule has 1 N–H and O–H groups in total. The molecule has 0 spiro atoms. The van der Waals surface area contributed by atoms with Crippen LogP contribution in [0.1, 0.15) is 35.3 Å². The largest absolute Gasteiger partial charge is 0.304 e. The number of aromatic nitrogens is 3. The Morgan fingerprint density at radius 2 is 2.11 bits per heavy atom. The number of rotatable bonds is 4. The van der Waals surface area contributed by atoms with E-state index in [0.29, 0.717) is 6.04 Å². The van der Waals surface area contributed by atoms with Crippen LogP contribution in [0.25, 0.3) is 0 Å². The molecular formula is C14H20N4. The minimum Gasteiger partial charge on any atom is -0.304 e. The zero-order valence-corrected chi connectivity index (χ0v) is 11.4. The van der Waals surface area contributed by atoms with E-state index in [9.17, 15) is 0 Å². The van der Waals surface area contributed by atoms with Crippen molar-refractivity contribution in [1.29, 1.82) is 0 Å². The highest BCUT2D eigenvalue weighted by Crippen LogP contribution is 2.18. The van der Waals surface area contributed by atoms with Crippen molar-refractivity contribution in [3.63, 3.8) is 0 Å². The number of aryl methyl sites for hydroxylation is 3. The number of benzene rings is 1. The third kappa shape index (κ3) is 2.96. The predicted octanol–water partition coefficient (Wildman–Crippen LogP) is 2.28. The van der Waals surface area contributed by atoms with Crippen LogP contribution in [-0.4, -0.2) is 15.0 Å². The number of nitrogens with one attached hydrogen (secondary N) is 1. The van der Waals surface area contributed by atoms with Crippen molar-refractivity contribution in [1.82, 2.24) is 20.3 Å². The van der Waals surface area contributed by atoms with Gasteiger partial charge >= 0.3 is 0 Å². The van der Waals surface area contributed by atoms with E-state index in [4.69, 9.17) is 0 Å². The molecule has 0 aliphatic heterocycles. The van der Waals surface area contributed by atoms with Gasteiger partial charge in [-0.15, -0.1) is 5.10 Å². The van der Waals surface area contributed by atoms with Crippen molar-refractivity contribution in [2.45, 2.75) is 33.4 Å². The standard InChI is InChI=1S/C14H20N4/c1-10-5-6-14(11(2)7-10)12(3)15-8-13-9-18(4)17-16-13/h5-7,9,12,15H,8H2,1-4H3. The van der Waals surface area contributed by atoms with E-state index in [0.717, 1.165) is 12.2 Å². The lowest BCUT2D eigenvalue weighted by atomic mass is 10.0. The summed E-state index contributed by atoms with van der Waals surface area (Å²) >= 11 is 0. The lowest BCUT2D eigenvalue weighted by molar-refractivity contribution is 0.564. The predicted molar refractivity (Wildman–Crippen MR) is 72.2 cm³/mol. The Bertz CT molecular complexity index is 530. The van der Waals surface area contributed by atoms with E-state index in [1.54, 1.807) is 4.68 Å². The normalized spacial score (nSPS) is 12.7. The summed E-state index contributed by atoms with van der Waals surface area (Å²) in [5, 5.41) is 11.5. The van der Waals surface area contributed by atoms with Gasteiger partial charge in [0.2, 0.25) is 0 Å². The van der Waals surface area contributed by atoms with Crippen molar-refractivity contribution in [2.75, 3.05) is 0 Å². The smallest absolute Gasteiger partial charge is 0.0964 e. The molecule has 0 radical (unpaired) electrons. The van der Waals surface area contributed by atoms with Crippen LogP contribution >= 0.6 is 0 Å². The maximum atomic E-state index is 4.07. The van der Waals surface area contributed by atoms with Gasteiger partial charge in [-0.2, -0.15) is 0 Å². The SMILES string of the molecule is Cc1ccc(C(C)NCc2cn(C)nn2)c(C)c1. The van der Waals surface area contributed by atoms with Gasteiger partial charge in [0.1, 0.15) is 0 Å². The summed E-state index contributed by atoms with van der Waals surface area (Å²) in [4.78, 5) is 0. The van der Waals surface area contributed by atoms with Crippen molar-refractivity contribution in [2.24, 2.45) is 7.05 Å². The van der Waals surface area contributed by atoms with E-state index in [1.807, 2.05) is 13.2 Å². The van der Waals surface area contributed by atoms with Gasteiger partial charge in [0.25, 0.3) is 0 Å². The van der Waals surface area contributed by atoms with E-state index >= 15 is 0 Å². The zero-order valence-electron chi connectivity index (χ0n) is 11.4. The molecule has 96 valence electrons. The Hall–Kier alpha value is -1.68. The van der Waals surface area contributed by atoms with Gasteiger partial charge < -0.3 is 5.32 Å². The molecule has 2 rings (SSSR count). The summed E-state index contributed by atoms with van der Waals surface area (Å²) < 4.78 is 1.72. The minimum absolute atomic E-state index is 0.313. The van der Waals surface area contributed by atoms with Gasteiger partial charge in [-0.1, -0.05) is 29.0 Å². The molecule has 1 aromatic heterocycles. The summed E-state index contributed by atoms with van der Waals surface area (Å²) in [6.07, 6.45) is 1.93. The topological polar surface area (TPSA) is 42.7 Å². The van der Waals surface area contributed by atoms with Gasteiger partial charge in [0.15, 0.2) is 0 Å². The summed E-state index contributed by atoms with van der Waals surface area (Å²) in [6, 6.07) is 6.88. The van der Waals surface area contributed by atoms with Gasteiger partial charge in [-0.05, 0) is 31.9 Å². The summed E-state index contributed by atoms with van der Waals surface area (Å²) in [5.41, 5.74) is 4.94. The second kappa shape index (κ2) is 5.31. The Labute approximate surface area is 108 Å². The van der Waals surface area contributed by atoms with Crippen LogP contribution in [0, 0.1) is 13.8 Å². The molecule has 4 heteroatoms. The first-order valence-electron chi connectivity index (χ1n) is 6.22. The molecule has 0 aliphatic carbocycles. The highest BCUT2D eigenvalue weighted by Gasteiger charge is 2.08. The molecule has 0 saturated heterocycles. The Kier molecular flexibility index (Phi) is 3.77. The fourth-order valence-corrected chi connectivity index (χ4v) is 2.16. The molecule has 1 atom stereocenters. The quantitative estimate of drug-likeness (QED) is 0.897. The second-order valence-electron chi connectivity index (χ2n) is 4.85. The molecule has 4 nitrogen and oxygen atoms in total. The molecule has 2 aromatic rings. The molecule has 0 aliphatic rings. The average Bonchev–Trinajstić information content (AvgIpc) is 2.72. The molecule has 0 saturated carbocycles. The lowest BCUT2D eigenvalue weighted by Crippen LogP contribution is -2.19. The van der Waals surface area contributed by atoms with Crippen LogP contribution in [0.15, 0.2) is 24.4 Å². The van der Waals surface area contributed by atoms with E-state index in [1.165, 1.54) is 16.7 Å². The second-order valence-corrected chi connectivity index (χ2v) is 4.85. The molecule has 1 unspecified atom stereocenters. The third-order valence-electron chi connectivity index (χ3n) is 3.13. The first kappa shape index (κ1) is 12.8. The van der Waals surface area contributed by atoms with Crippen LogP contribution in [0.4, 0.5) is 0 Å². The fraction of sp³-hybridized carbons (Fsp3) is 0.429. The molecule has 0 bridgehead atoms. The molecular weight excluding hydrogens is 224 g/mol. The highest BCUT2D eigenvalue weighted by molar-refractivity contribution is 5.32. The average molecular weight is 244 g/mol. The first-order chi connectivity index (χ1) is 8.56. The van der Waals surface area contributed by atoms with Crippen LogP contribution < -0.4 is 5.32 Å². The zero-order chi connectivity index (χ0) is 13.1. The van der Waals surface area contributed by atoms with Crippen molar-refractivity contribution >= 4 is 0 Å². The van der Waals surface area contributed by atoms with E-state index in [2.05, 4.69) is 54.6 Å². The minimum atomic E-state index is 0.313. The van der Waals surface area contributed by atoms with Crippen LogP contribution in [0.5, 0.6) is 0 Å². The summed E-state index contributed by atoms with van der Waals surface area (Å²) in [6.45, 7) is 7.19. The Morgan fingerprint density at radius 1 is 1.33 bits per heavy atom. The molecule has 18 heavy (non-hydrogen) atoms. The van der Waals surface area contributed by atoms with Crippen molar-refractivity contribution < 1.29 is 0 Å². The first-order valence-corrected chi connectivity index (χ1v) is 6.22. The fourth-order valence-electron chi connectivity index (χ4n) is 2.16. The van der Waals surface area contributed by atoms with Crippen molar-refractivity contribution in [3.05, 3.63) is 46.8 Å². The summed E-state index contributed by atoms with van der Waals surface area (Å²) in [7, 11) is 1.88. The van der Waals surface area contributed by atoms with Gasteiger partial charge in [0.05, 0.1) is 5.69 Å². The number of hydrogen-bond donors (Lipinski definition) is 1. The van der Waals surface area contributed by atoms with Gasteiger partial charge in [-0.3, -0.25) is 4.68 Å².